The molecule has 1 saturated carbocycles. The smallest absolute Gasteiger partial charge is 0.389 e. The van der Waals surface area contributed by atoms with Crippen molar-refractivity contribution in [3.63, 3.8) is 0 Å². The highest BCUT2D eigenvalue weighted by molar-refractivity contribution is 8.15. The molecule has 2 aromatic rings. The van der Waals surface area contributed by atoms with E-state index in [1.807, 2.05) is 6.07 Å². The largest absolute Gasteiger partial charge is 0.575 e. The minimum absolute atomic E-state index is 0.0443. The van der Waals surface area contributed by atoms with Crippen molar-refractivity contribution in [3.8, 4) is 6.07 Å². The summed E-state index contributed by atoms with van der Waals surface area (Å²) in [5.74, 6) is -7.83. The number of nitrogens with zero attached hydrogens (tertiary/aromatic N) is 3. The second kappa shape index (κ2) is 10.6. The third-order valence-corrected chi connectivity index (χ3v) is 8.12. The Hall–Kier alpha value is -3.64. The monoisotopic (exact) mass is 604 g/mol. The second-order valence-electron chi connectivity index (χ2n) is 9.87. The van der Waals surface area contributed by atoms with Crippen molar-refractivity contribution >= 4 is 34.8 Å². The molecule has 1 aliphatic heterocycles. The molecule has 3 atom stereocenters. The van der Waals surface area contributed by atoms with Crippen LogP contribution in [0.25, 0.3) is 11.9 Å². The summed E-state index contributed by atoms with van der Waals surface area (Å²) in [6, 6.07) is 8.19. The molecule has 1 aromatic heterocycles. The Balaban J connectivity index is 0.000000507. The van der Waals surface area contributed by atoms with Crippen molar-refractivity contribution in [1.82, 2.24) is 4.98 Å². The molecule has 0 radical (unpaired) electrons. The van der Waals surface area contributed by atoms with Crippen molar-refractivity contribution in [1.29, 1.82) is 5.26 Å². The molecule has 41 heavy (non-hydrogen) atoms. The number of aliphatic hydroxyl groups is 1. The van der Waals surface area contributed by atoms with Gasteiger partial charge in [0.2, 0.25) is 0 Å². The number of benzene rings is 1. The molecule has 7 nitrogen and oxygen atoms in total. The predicted molar refractivity (Wildman–Crippen MR) is 136 cm³/mol. The maximum absolute atomic E-state index is 15.2. The summed E-state index contributed by atoms with van der Waals surface area (Å²) in [5, 5.41) is 19.2. The first-order valence-corrected chi connectivity index (χ1v) is 12.5. The number of fused-ring (bicyclic) bond motifs is 1. The zero-order chi connectivity index (χ0) is 31.2. The van der Waals surface area contributed by atoms with Gasteiger partial charge in [-0.1, -0.05) is 17.8 Å². The topological polar surface area (TPSA) is 122 Å². The van der Waals surface area contributed by atoms with Crippen LogP contribution in [-0.2, 0) is 15.1 Å². The fourth-order valence-corrected chi connectivity index (χ4v) is 6.35. The van der Waals surface area contributed by atoms with Gasteiger partial charge >= 0.3 is 12.3 Å². The maximum atomic E-state index is 15.2. The lowest BCUT2D eigenvalue weighted by Gasteiger charge is -2.37. The number of amidine groups is 1. The lowest BCUT2D eigenvalue weighted by molar-refractivity contribution is -0.304. The highest BCUT2D eigenvalue weighted by Gasteiger charge is 2.91. The quantitative estimate of drug-likeness (QED) is 0.340. The number of halogens is 7. The Labute approximate surface area is 233 Å². The van der Waals surface area contributed by atoms with Crippen molar-refractivity contribution < 1.29 is 45.4 Å². The average Bonchev–Trinajstić information content (AvgIpc) is 3.36. The molecule has 1 aliphatic carbocycles. The third kappa shape index (κ3) is 6.03. The first-order chi connectivity index (χ1) is 18.7. The summed E-state index contributed by atoms with van der Waals surface area (Å²) in [6.45, 7) is 4.56. The van der Waals surface area contributed by atoms with Crippen molar-refractivity contribution in [2.45, 2.75) is 55.9 Å². The van der Waals surface area contributed by atoms with Gasteiger partial charge in [-0.2, -0.15) is 5.26 Å². The molecular weight excluding hydrogens is 581 g/mol. The van der Waals surface area contributed by atoms with E-state index < -0.39 is 51.7 Å². The Bertz CT molecular complexity index is 1450. The first-order valence-electron chi connectivity index (χ1n) is 11.6. The molecule has 220 valence electrons. The molecule has 0 saturated heterocycles. The average molecular weight is 605 g/mol. The molecule has 15 heteroatoms. The molecule has 1 fully saturated rings. The van der Waals surface area contributed by atoms with E-state index in [1.165, 1.54) is 51.2 Å². The number of esters is 1. The summed E-state index contributed by atoms with van der Waals surface area (Å²) in [7, 11) is 0. The number of thioether (sulfide) groups is 1. The van der Waals surface area contributed by atoms with Crippen LogP contribution in [0.4, 0.5) is 30.7 Å². The number of carbonyl (C=O) groups is 1. The number of nitriles is 1. The summed E-state index contributed by atoms with van der Waals surface area (Å²) in [5.41, 5.74) is 2.47. The van der Waals surface area contributed by atoms with Gasteiger partial charge in [-0.25, -0.2) is 17.6 Å². The van der Waals surface area contributed by atoms with E-state index in [-0.39, 0.29) is 27.6 Å². The molecule has 0 bridgehead atoms. The van der Waals surface area contributed by atoms with Gasteiger partial charge < -0.3 is 15.6 Å². The van der Waals surface area contributed by atoms with Gasteiger partial charge in [0.05, 0.1) is 28.3 Å². The van der Waals surface area contributed by atoms with Crippen LogP contribution in [0.5, 0.6) is 0 Å². The summed E-state index contributed by atoms with van der Waals surface area (Å²) in [6.07, 6.45) is -2.53. The van der Waals surface area contributed by atoms with E-state index in [4.69, 9.17) is 11.0 Å². The highest BCUT2D eigenvalue weighted by atomic mass is 32.2. The lowest BCUT2D eigenvalue weighted by atomic mass is 9.82. The standard InChI is InChI=1S/C23H20F4N4OS.C3H3F3O2/c1-20(2,32)22-18(23(22,26)27)21(3,31-19(29)33-22)14-8-12(4-6-15(14)24)9-16(25)17-7-5-13(10-28)11-30-17;1-2(7)8-3(4,5)6/h4-9,11,18,32H,1-3H3,(H2,29,31);1H3/b16-9-;/t18-,21+,22-;/m0./s1. The van der Waals surface area contributed by atoms with Gasteiger partial charge in [-0.15, -0.1) is 13.2 Å². The van der Waals surface area contributed by atoms with E-state index >= 15 is 8.78 Å². The fourth-order valence-electron chi connectivity index (χ4n) is 4.84. The van der Waals surface area contributed by atoms with Gasteiger partial charge in [0, 0.05) is 18.7 Å². The second-order valence-corrected chi connectivity index (χ2v) is 11.1. The Morgan fingerprint density at radius 2 is 1.88 bits per heavy atom. The zero-order valence-electron chi connectivity index (χ0n) is 21.9. The van der Waals surface area contributed by atoms with E-state index in [9.17, 15) is 31.9 Å². The minimum atomic E-state index is -4.83. The highest BCUT2D eigenvalue weighted by Crippen LogP contribution is 2.77. The van der Waals surface area contributed by atoms with E-state index in [0.29, 0.717) is 18.7 Å². The predicted octanol–water partition coefficient (Wildman–Crippen LogP) is 5.68. The maximum Gasteiger partial charge on any atom is 0.575 e. The van der Waals surface area contributed by atoms with Gasteiger partial charge in [-0.05, 0) is 56.7 Å². The SMILES string of the molecule is CC(=O)OC(F)(F)F.CC(C)(O)[C@@]12SC(N)=N[C@](C)(c3cc(/C=C(\F)c4ccc(C#N)cn4)ccc3F)[C@@H]1C2(F)F. The van der Waals surface area contributed by atoms with Crippen LogP contribution in [0.3, 0.4) is 0 Å². The summed E-state index contributed by atoms with van der Waals surface area (Å²) >= 11 is 0.597. The molecule has 3 N–H and O–H groups in total. The normalized spacial score (nSPS) is 25.1. The summed E-state index contributed by atoms with van der Waals surface area (Å²) < 4.78 is 93.5. The van der Waals surface area contributed by atoms with Gasteiger partial charge in [0.15, 0.2) is 5.17 Å². The third-order valence-electron chi connectivity index (χ3n) is 6.49. The Kier molecular flexibility index (Phi) is 8.28. The van der Waals surface area contributed by atoms with Crippen molar-refractivity contribution in [2.24, 2.45) is 16.6 Å². The van der Waals surface area contributed by atoms with Crippen LogP contribution < -0.4 is 5.73 Å². The minimum Gasteiger partial charge on any atom is -0.389 e. The number of nitrogens with two attached hydrogens (primary N) is 1. The number of hydrogen-bond donors (Lipinski definition) is 2. The lowest BCUT2D eigenvalue weighted by Crippen LogP contribution is -2.47. The van der Waals surface area contributed by atoms with Gasteiger partial charge in [-0.3, -0.25) is 14.8 Å². The van der Waals surface area contributed by atoms with E-state index in [2.05, 4.69) is 14.7 Å². The number of aliphatic imine (C=N–C) groups is 1. The first kappa shape index (κ1) is 31.9. The molecule has 0 amide bonds. The number of aromatic nitrogens is 1. The number of rotatable bonds is 4. The summed E-state index contributed by atoms with van der Waals surface area (Å²) in [4.78, 5) is 17.6. The van der Waals surface area contributed by atoms with Gasteiger partial charge in [0.25, 0.3) is 5.92 Å². The van der Waals surface area contributed by atoms with Crippen molar-refractivity contribution in [2.75, 3.05) is 0 Å². The molecular formula is C26H23F7N4O3S. The number of pyridine rings is 1. The molecule has 0 unspecified atom stereocenters. The molecule has 2 heterocycles. The Morgan fingerprint density at radius 1 is 1.24 bits per heavy atom. The Morgan fingerprint density at radius 3 is 2.34 bits per heavy atom. The molecule has 2 aliphatic rings. The van der Waals surface area contributed by atoms with Crippen LogP contribution >= 0.6 is 11.8 Å². The molecule has 4 rings (SSSR count). The molecule has 0 spiro atoms. The van der Waals surface area contributed by atoms with E-state index in [0.717, 1.165) is 12.1 Å². The van der Waals surface area contributed by atoms with Crippen LogP contribution in [0.15, 0.2) is 41.5 Å². The van der Waals surface area contributed by atoms with Crippen LogP contribution in [0, 0.1) is 23.1 Å². The number of hydrogen-bond acceptors (Lipinski definition) is 8. The zero-order valence-corrected chi connectivity index (χ0v) is 22.7. The van der Waals surface area contributed by atoms with Crippen LogP contribution in [0.1, 0.15) is 50.1 Å². The fraction of sp³-hybridized carbons (Fsp3) is 0.385. The van der Waals surface area contributed by atoms with Crippen LogP contribution in [0.2, 0.25) is 0 Å². The van der Waals surface area contributed by atoms with Crippen molar-refractivity contribution in [3.05, 3.63) is 64.7 Å². The number of ether oxygens (including phenoxy) is 1. The van der Waals surface area contributed by atoms with E-state index in [1.54, 1.807) is 0 Å². The number of carbonyl (C=O) groups excluding carboxylic acids is 1. The van der Waals surface area contributed by atoms with Crippen LogP contribution in [-0.4, -0.2) is 43.9 Å². The molecule has 1 aromatic carbocycles. The number of alkyl halides is 5. The van der Waals surface area contributed by atoms with Gasteiger partial charge in [0.1, 0.15) is 22.5 Å².